The second kappa shape index (κ2) is 9.40. The number of carbonyl (C=O) groups is 6. The molecule has 2 aliphatic rings. The molecule has 10 heteroatoms. The normalized spacial score (nSPS) is 14.6. The van der Waals surface area contributed by atoms with Gasteiger partial charge in [0.2, 0.25) is 0 Å². The lowest BCUT2D eigenvalue weighted by atomic mass is 10.1. The summed E-state index contributed by atoms with van der Waals surface area (Å²) in [7, 11) is 0. The molecule has 0 saturated heterocycles. The molecule has 0 N–H and O–H groups in total. The highest BCUT2D eigenvalue weighted by molar-refractivity contribution is 6.16. The Morgan fingerprint density at radius 2 is 1.46 bits per heavy atom. The third kappa shape index (κ3) is 4.81. The molecule has 0 unspecified atom stereocenters. The smallest absolute Gasteiger partial charge is 0.346 e. The van der Waals surface area contributed by atoms with E-state index < -0.39 is 35.8 Å². The Labute approximate surface area is 197 Å². The van der Waals surface area contributed by atoms with E-state index in [1.807, 2.05) is 0 Å². The van der Waals surface area contributed by atoms with Gasteiger partial charge in [0.15, 0.2) is 0 Å². The van der Waals surface area contributed by atoms with E-state index in [1.54, 1.807) is 0 Å². The van der Waals surface area contributed by atoms with Crippen molar-refractivity contribution in [2.24, 2.45) is 0 Å². The lowest BCUT2D eigenvalue weighted by Crippen LogP contribution is -2.10. The van der Waals surface area contributed by atoms with Crippen molar-refractivity contribution in [1.82, 2.24) is 0 Å². The van der Waals surface area contributed by atoms with Crippen LogP contribution in [0.4, 0.5) is 0 Å². The summed E-state index contributed by atoms with van der Waals surface area (Å²) >= 11 is 0. The van der Waals surface area contributed by atoms with E-state index in [0.29, 0.717) is 0 Å². The van der Waals surface area contributed by atoms with Gasteiger partial charge in [-0.1, -0.05) is 30.9 Å². The number of fused-ring (bicyclic) bond motifs is 1. The molecule has 0 atom stereocenters. The van der Waals surface area contributed by atoms with E-state index in [4.69, 9.17) is 9.47 Å². The summed E-state index contributed by atoms with van der Waals surface area (Å²) in [5, 5.41) is 0. The maximum atomic E-state index is 12.5. The van der Waals surface area contributed by atoms with Gasteiger partial charge in [-0.05, 0) is 30.3 Å². The number of benzene rings is 2. The van der Waals surface area contributed by atoms with Crippen molar-refractivity contribution >= 4 is 35.8 Å². The van der Waals surface area contributed by atoms with Crippen LogP contribution >= 0.6 is 0 Å². The predicted octanol–water partition coefficient (Wildman–Crippen LogP) is 2.63. The van der Waals surface area contributed by atoms with Crippen molar-refractivity contribution < 1.29 is 47.7 Å². The fourth-order valence-electron chi connectivity index (χ4n) is 3.19. The molecule has 0 aromatic heterocycles. The Morgan fingerprint density at radius 1 is 0.800 bits per heavy atom. The van der Waals surface area contributed by atoms with Gasteiger partial charge < -0.3 is 18.9 Å². The van der Waals surface area contributed by atoms with E-state index in [-0.39, 0.29) is 45.8 Å². The zero-order valence-corrected chi connectivity index (χ0v) is 17.8. The number of hydrogen-bond acceptors (Lipinski definition) is 10. The van der Waals surface area contributed by atoms with Crippen molar-refractivity contribution in [3.05, 3.63) is 95.1 Å². The van der Waals surface area contributed by atoms with Crippen LogP contribution in [-0.2, 0) is 23.9 Å². The molecule has 2 aromatic rings. The number of esters is 6. The van der Waals surface area contributed by atoms with Crippen LogP contribution in [0.2, 0.25) is 0 Å². The van der Waals surface area contributed by atoms with E-state index >= 15 is 0 Å². The van der Waals surface area contributed by atoms with Crippen LogP contribution in [0.25, 0.3) is 0 Å². The first-order chi connectivity index (χ1) is 16.8. The Bertz CT molecular complexity index is 1390. The quantitative estimate of drug-likeness (QED) is 0.334. The average molecular weight is 474 g/mol. The van der Waals surface area contributed by atoms with Crippen molar-refractivity contribution in [1.29, 1.82) is 0 Å². The van der Waals surface area contributed by atoms with Crippen LogP contribution < -0.4 is 9.47 Å². The summed E-state index contributed by atoms with van der Waals surface area (Å²) in [5.74, 6) is -4.65. The molecule has 0 fully saturated rings. The van der Waals surface area contributed by atoms with E-state index in [0.717, 1.165) is 0 Å². The van der Waals surface area contributed by atoms with Gasteiger partial charge in [-0.3, -0.25) is 4.79 Å². The molecule has 0 aliphatic carbocycles. The molecule has 174 valence electrons. The molecular weight excluding hydrogens is 460 g/mol. The standard InChI is InChI=1S/C25H14O10/c1-2-16-17(23(29)34-22(16)28)7-4-8-20(26)32-14-5-3-6-15(12-14)33-21(27)13-9-10-18-19(11-13)25(31)35-24(18)30/h2-7,9-12H,1,8H2/b7-4-. The number of rotatable bonds is 7. The Balaban J connectivity index is 1.38. The Morgan fingerprint density at radius 3 is 2.20 bits per heavy atom. The number of cyclic esters (lactones) is 4. The zero-order valence-electron chi connectivity index (χ0n) is 17.8. The molecular formula is C25H14O10. The third-order valence-corrected chi connectivity index (χ3v) is 4.82. The van der Waals surface area contributed by atoms with Gasteiger partial charge in [0.1, 0.15) is 11.5 Å². The fourth-order valence-corrected chi connectivity index (χ4v) is 3.19. The summed E-state index contributed by atoms with van der Waals surface area (Å²) in [6, 6.07) is 9.50. The van der Waals surface area contributed by atoms with Crippen molar-refractivity contribution in [2.75, 3.05) is 0 Å². The van der Waals surface area contributed by atoms with Gasteiger partial charge in [-0.25, -0.2) is 24.0 Å². The topological polar surface area (TPSA) is 139 Å². The molecule has 35 heavy (non-hydrogen) atoms. The third-order valence-electron chi connectivity index (χ3n) is 4.82. The SMILES string of the molecule is C=CC1=C(/C=C\CC(=O)Oc2cccc(OC(=O)c3ccc4c(c3)C(=O)OC4=O)c2)C(=O)OC1=O. The van der Waals surface area contributed by atoms with Gasteiger partial charge in [-0.15, -0.1) is 0 Å². The van der Waals surface area contributed by atoms with Crippen molar-refractivity contribution in [2.45, 2.75) is 6.42 Å². The molecule has 4 rings (SSSR count). The molecule has 0 bridgehead atoms. The summed E-state index contributed by atoms with van der Waals surface area (Å²) in [5.41, 5.74) is 0.0197. The minimum Gasteiger partial charge on any atom is -0.426 e. The summed E-state index contributed by atoms with van der Waals surface area (Å²) < 4.78 is 19.4. The average Bonchev–Trinajstić information content (AvgIpc) is 3.26. The molecule has 2 aliphatic heterocycles. The van der Waals surface area contributed by atoms with Gasteiger partial charge >= 0.3 is 35.8 Å². The number of hydrogen-bond donors (Lipinski definition) is 0. The monoisotopic (exact) mass is 474 g/mol. The van der Waals surface area contributed by atoms with Crippen molar-refractivity contribution in [3.8, 4) is 11.5 Å². The second-order valence-electron chi connectivity index (χ2n) is 7.09. The lowest BCUT2D eigenvalue weighted by molar-refractivity contribution is -0.150. The van der Waals surface area contributed by atoms with Crippen molar-refractivity contribution in [3.63, 3.8) is 0 Å². The van der Waals surface area contributed by atoms with E-state index in [9.17, 15) is 28.8 Å². The fraction of sp³-hybridized carbons (Fsp3) is 0.0400. The summed E-state index contributed by atoms with van der Waals surface area (Å²) in [6.07, 6.45) is 3.55. The maximum Gasteiger partial charge on any atom is 0.346 e. The van der Waals surface area contributed by atoms with Crippen LogP contribution in [0, 0.1) is 0 Å². The van der Waals surface area contributed by atoms with Crippen LogP contribution in [0.3, 0.4) is 0 Å². The Kier molecular flexibility index (Phi) is 6.19. The molecule has 0 radical (unpaired) electrons. The highest BCUT2D eigenvalue weighted by Gasteiger charge is 2.31. The second-order valence-corrected chi connectivity index (χ2v) is 7.09. The molecule has 0 spiro atoms. The first-order valence-corrected chi connectivity index (χ1v) is 10.00. The molecule has 0 saturated carbocycles. The highest BCUT2D eigenvalue weighted by Crippen LogP contribution is 2.24. The predicted molar refractivity (Wildman–Crippen MR) is 115 cm³/mol. The maximum absolute atomic E-state index is 12.5. The molecule has 2 heterocycles. The number of ether oxygens (including phenoxy) is 4. The molecule has 2 aromatic carbocycles. The molecule has 0 amide bonds. The number of carbonyl (C=O) groups excluding carboxylic acids is 6. The molecule has 10 nitrogen and oxygen atoms in total. The first-order valence-electron chi connectivity index (χ1n) is 10.00. The van der Waals surface area contributed by atoms with Gasteiger partial charge in [0.25, 0.3) is 0 Å². The first kappa shape index (κ1) is 23.1. The van der Waals surface area contributed by atoms with Gasteiger partial charge in [-0.2, -0.15) is 0 Å². The van der Waals surface area contributed by atoms with Crippen LogP contribution in [0.5, 0.6) is 11.5 Å². The largest absolute Gasteiger partial charge is 0.426 e. The van der Waals surface area contributed by atoms with Gasteiger partial charge in [0, 0.05) is 6.07 Å². The minimum absolute atomic E-state index is 0.000923. The zero-order chi connectivity index (χ0) is 25.1. The van der Waals surface area contributed by atoms with Crippen LogP contribution in [0.1, 0.15) is 37.5 Å². The van der Waals surface area contributed by atoms with Gasteiger partial charge in [0.05, 0.1) is 34.3 Å². The van der Waals surface area contributed by atoms with E-state index in [2.05, 4.69) is 16.1 Å². The van der Waals surface area contributed by atoms with Crippen LogP contribution in [-0.4, -0.2) is 35.8 Å². The highest BCUT2D eigenvalue weighted by atomic mass is 16.6. The summed E-state index contributed by atoms with van der Waals surface area (Å²) in [4.78, 5) is 70.9. The van der Waals surface area contributed by atoms with E-state index in [1.165, 1.54) is 60.7 Å². The lowest BCUT2D eigenvalue weighted by Gasteiger charge is -2.07. The Hall–Kier alpha value is -5.12. The minimum atomic E-state index is -0.851. The van der Waals surface area contributed by atoms with Crippen LogP contribution in [0.15, 0.2) is 78.4 Å². The summed E-state index contributed by atoms with van der Waals surface area (Å²) in [6.45, 7) is 3.44.